The van der Waals surface area contributed by atoms with Crippen molar-refractivity contribution in [3.8, 4) is 5.75 Å². The molecule has 0 aliphatic rings. The molecule has 1 rings (SSSR count). The molecule has 0 saturated carbocycles. The van der Waals surface area contributed by atoms with E-state index in [1.165, 1.54) is 64.0 Å². The molecule has 1 heterocycles. The fraction of sp³-hybridized carbons (Fsp3) is 0.722. The molecule has 0 saturated heterocycles. The number of ether oxygens (including phenoxy) is 1. The molecule has 0 spiro atoms. The van der Waals surface area contributed by atoms with Crippen LogP contribution >= 0.6 is 0 Å². The van der Waals surface area contributed by atoms with Crippen LogP contribution in [0.1, 0.15) is 76.8 Å². The lowest BCUT2D eigenvalue weighted by Crippen LogP contribution is -2.28. The highest BCUT2D eigenvalue weighted by atomic mass is 16.5. The van der Waals surface area contributed by atoms with Crippen LogP contribution in [0.15, 0.2) is 18.3 Å². The molecule has 0 bridgehead atoms. The Morgan fingerprint density at radius 1 is 0.952 bits per heavy atom. The third-order valence-corrected chi connectivity index (χ3v) is 3.84. The Morgan fingerprint density at radius 2 is 1.52 bits per heavy atom. The summed E-state index contributed by atoms with van der Waals surface area (Å²) in [5.41, 5.74) is 0.676. The average Bonchev–Trinajstić information content (AvgIpc) is 2.48. The number of aryl methyl sites for hydroxylation is 1. The number of hydrogen-bond acceptors (Lipinski definition) is 2. The average molecular weight is 293 g/mol. The van der Waals surface area contributed by atoms with Crippen molar-refractivity contribution in [3.63, 3.8) is 0 Å². The van der Waals surface area contributed by atoms with E-state index in [0.717, 1.165) is 23.5 Å². The predicted octanol–water partition coefficient (Wildman–Crippen LogP) is 4.93. The van der Waals surface area contributed by atoms with Crippen LogP contribution < -0.4 is 9.47 Å². The molecule has 0 aliphatic heterocycles. The summed E-state index contributed by atoms with van der Waals surface area (Å²) in [5.74, 6) is 0.801. The van der Waals surface area contributed by atoms with E-state index < -0.39 is 0 Å². The molecule has 1 aromatic rings. The third kappa shape index (κ3) is 8.59. The minimum absolute atomic E-state index is 0.676. The Bertz CT molecular complexity index is 379. The summed E-state index contributed by atoms with van der Waals surface area (Å²) in [6.07, 6.45) is 14.8. The molecule has 21 heavy (non-hydrogen) atoms. The molecule has 3 nitrogen and oxygen atoms in total. The monoisotopic (exact) mass is 293 g/mol. The molecule has 1 aromatic heterocycles. The third-order valence-electron chi connectivity index (χ3n) is 3.84. The topological polar surface area (TPSA) is 36.2 Å². The molecular weight excluding hydrogens is 262 g/mol. The van der Waals surface area contributed by atoms with Crippen molar-refractivity contribution in [2.24, 2.45) is 0 Å². The van der Waals surface area contributed by atoms with Crippen molar-refractivity contribution in [2.75, 3.05) is 6.61 Å². The first-order valence-electron chi connectivity index (χ1n) is 8.56. The van der Waals surface area contributed by atoms with Crippen molar-refractivity contribution in [2.45, 2.75) is 78.1 Å². The summed E-state index contributed by atoms with van der Waals surface area (Å²) in [7, 11) is 0. The van der Waals surface area contributed by atoms with E-state index in [0.29, 0.717) is 5.69 Å². The number of unbranched alkanes of at least 4 members (excludes halogenated alkanes) is 9. The molecular formula is C18H31NO2. The maximum absolute atomic E-state index is 11.2. The first-order chi connectivity index (χ1) is 10.2. The smallest absolute Gasteiger partial charge is 0.193 e. The maximum Gasteiger partial charge on any atom is 0.193 e. The molecule has 3 heteroatoms. The summed E-state index contributed by atoms with van der Waals surface area (Å²) in [6, 6.07) is 3.53. The minimum atomic E-state index is 0.676. The van der Waals surface area contributed by atoms with Gasteiger partial charge in [0, 0.05) is 19.1 Å². The van der Waals surface area contributed by atoms with Gasteiger partial charge < -0.3 is 9.94 Å². The molecule has 0 aliphatic carbocycles. The lowest BCUT2D eigenvalue weighted by atomic mass is 10.1. The molecule has 0 N–H and O–H groups in total. The molecule has 0 amide bonds. The van der Waals surface area contributed by atoms with Gasteiger partial charge in [0.2, 0.25) is 0 Å². The van der Waals surface area contributed by atoms with Gasteiger partial charge in [0.15, 0.2) is 11.9 Å². The minimum Gasteiger partial charge on any atom is -0.619 e. The van der Waals surface area contributed by atoms with Gasteiger partial charge in [-0.2, -0.15) is 4.73 Å². The van der Waals surface area contributed by atoms with E-state index >= 15 is 0 Å². The lowest BCUT2D eigenvalue weighted by molar-refractivity contribution is -0.612. The summed E-state index contributed by atoms with van der Waals surface area (Å²) in [4.78, 5) is 0. The summed E-state index contributed by atoms with van der Waals surface area (Å²) >= 11 is 0. The fourth-order valence-electron chi connectivity index (χ4n) is 2.45. The van der Waals surface area contributed by atoms with Crippen molar-refractivity contribution in [3.05, 3.63) is 29.2 Å². The van der Waals surface area contributed by atoms with Gasteiger partial charge in [0.25, 0.3) is 0 Å². The van der Waals surface area contributed by atoms with Gasteiger partial charge in [-0.15, -0.1) is 0 Å². The Balaban J connectivity index is 1.91. The Labute approximate surface area is 129 Å². The molecule has 0 radical (unpaired) electrons. The van der Waals surface area contributed by atoms with Gasteiger partial charge in [-0.3, -0.25) is 0 Å². The second-order valence-electron chi connectivity index (χ2n) is 5.86. The van der Waals surface area contributed by atoms with E-state index in [1.54, 1.807) is 19.1 Å². The Morgan fingerprint density at radius 3 is 2.10 bits per heavy atom. The highest BCUT2D eigenvalue weighted by molar-refractivity contribution is 5.18. The molecule has 0 atom stereocenters. The number of aromatic nitrogens is 1. The molecule has 0 fully saturated rings. The van der Waals surface area contributed by atoms with Crippen LogP contribution in [0.4, 0.5) is 0 Å². The van der Waals surface area contributed by atoms with Crippen LogP contribution in [0.3, 0.4) is 0 Å². The highest BCUT2D eigenvalue weighted by Gasteiger charge is 2.01. The lowest BCUT2D eigenvalue weighted by Gasteiger charge is -2.07. The van der Waals surface area contributed by atoms with Crippen LogP contribution in [0.25, 0.3) is 0 Å². The summed E-state index contributed by atoms with van der Waals surface area (Å²) in [5, 5.41) is 11.2. The van der Waals surface area contributed by atoms with E-state index in [1.807, 2.05) is 0 Å². The van der Waals surface area contributed by atoms with E-state index in [2.05, 4.69) is 6.92 Å². The van der Waals surface area contributed by atoms with Crippen LogP contribution in [0, 0.1) is 12.1 Å². The van der Waals surface area contributed by atoms with E-state index in [9.17, 15) is 5.21 Å². The zero-order valence-corrected chi connectivity index (χ0v) is 13.8. The first-order valence-corrected chi connectivity index (χ1v) is 8.56. The van der Waals surface area contributed by atoms with E-state index in [-0.39, 0.29) is 0 Å². The normalized spacial score (nSPS) is 10.8. The van der Waals surface area contributed by atoms with Gasteiger partial charge in [-0.25, -0.2) is 0 Å². The summed E-state index contributed by atoms with van der Waals surface area (Å²) in [6.45, 7) is 4.80. The second-order valence-corrected chi connectivity index (χ2v) is 5.86. The van der Waals surface area contributed by atoms with Crippen molar-refractivity contribution >= 4 is 0 Å². The first kappa shape index (κ1) is 17.8. The quantitative estimate of drug-likeness (QED) is 0.311. The van der Waals surface area contributed by atoms with Crippen molar-refractivity contribution in [1.82, 2.24) is 0 Å². The number of nitrogens with zero attached hydrogens (tertiary/aromatic N) is 1. The fourth-order valence-corrected chi connectivity index (χ4v) is 2.45. The van der Waals surface area contributed by atoms with Crippen molar-refractivity contribution < 1.29 is 9.47 Å². The predicted molar refractivity (Wildman–Crippen MR) is 87.5 cm³/mol. The largest absolute Gasteiger partial charge is 0.619 e. The molecule has 120 valence electrons. The SMILES string of the molecule is CCCCCCCCCCCCOc1cc[n+]([O-])c(C)c1. The van der Waals surface area contributed by atoms with Crippen LogP contribution in [0.5, 0.6) is 5.75 Å². The second kappa shape index (κ2) is 11.4. The maximum atomic E-state index is 11.2. The number of pyridine rings is 1. The zero-order valence-electron chi connectivity index (χ0n) is 13.8. The molecule has 0 unspecified atom stereocenters. The summed E-state index contributed by atoms with van der Waals surface area (Å²) < 4.78 is 6.52. The van der Waals surface area contributed by atoms with Crippen LogP contribution in [-0.4, -0.2) is 6.61 Å². The van der Waals surface area contributed by atoms with Gasteiger partial charge in [-0.1, -0.05) is 64.7 Å². The number of hydrogen-bond donors (Lipinski definition) is 0. The van der Waals surface area contributed by atoms with Gasteiger partial charge in [-0.05, 0) is 6.42 Å². The van der Waals surface area contributed by atoms with Gasteiger partial charge in [0.1, 0.15) is 5.75 Å². The zero-order chi connectivity index (χ0) is 15.3. The van der Waals surface area contributed by atoms with Crippen molar-refractivity contribution in [1.29, 1.82) is 0 Å². The van der Waals surface area contributed by atoms with E-state index in [4.69, 9.17) is 4.74 Å². The standard InChI is InChI=1S/C18H31NO2/c1-3-4-5-6-7-8-9-10-11-12-15-21-18-13-14-19(20)17(2)16-18/h13-14,16H,3-12,15H2,1-2H3. The van der Waals surface area contributed by atoms with Gasteiger partial charge >= 0.3 is 0 Å². The highest BCUT2D eigenvalue weighted by Crippen LogP contribution is 2.12. The molecule has 0 aromatic carbocycles. The number of rotatable bonds is 12. The Hall–Kier alpha value is -1.25. The van der Waals surface area contributed by atoms with Crippen LogP contribution in [-0.2, 0) is 0 Å². The Kier molecular flexibility index (Phi) is 9.68. The van der Waals surface area contributed by atoms with Gasteiger partial charge in [0.05, 0.1) is 6.61 Å². The van der Waals surface area contributed by atoms with Crippen LogP contribution in [0.2, 0.25) is 0 Å².